The van der Waals surface area contributed by atoms with Crippen molar-refractivity contribution in [2.24, 2.45) is 0 Å². The van der Waals surface area contributed by atoms with Crippen molar-refractivity contribution in [2.45, 2.75) is 44.6 Å². The van der Waals surface area contributed by atoms with Crippen LogP contribution in [0.3, 0.4) is 0 Å². The number of nitrogens with one attached hydrogen (secondary N) is 1. The van der Waals surface area contributed by atoms with Crippen LogP contribution in [0.15, 0.2) is 23.1 Å². The number of rotatable bonds is 6. The number of hydrogen-bond donors (Lipinski definition) is 2. The molecule has 2 unspecified atom stereocenters. The van der Waals surface area contributed by atoms with Crippen LogP contribution in [0.25, 0.3) is 0 Å². The van der Waals surface area contributed by atoms with Crippen molar-refractivity contribution < 1.29 is 9.00 Å². The molecule has 0 aliphatic carbocycles. The average molecular weight is 282 g/mol. The van der Waals surface area contributed by atoms with E-state index in [-0.39, 0.29) is 17.7 Å². The molecule has 0 bridgehead atoms. The Hall–Kier alpha value is -1.36. The van der Waals surface area contributed by atoms with Gasteiger partial charge in [0, 0.05) is 16.6 Å². The van der Waals surface area contributed by atoms with Crippen molar-refractivity contribution in [3.05, 3.63) is 23.8 Å². The zero-order valence-electron chi connectivity index (χ0n) is 11.7. The minimum absolute atomic E-state index is 0.00257. The highest BCUT2D eigenvalue weighted by Gasteiger charge is 2.12. The summed E-state index contributed by atoms with van der Waals surface area (Å²) in [4.78, 5) is 12.4. The van der Waals surface area contributed by atoms with Gasteiger partial charge in [-0.05, 0) is 44.0 Å². The maximum Gasteiger partial charge on any atom is 0.233 e. The van der Waals surface area contributed by atoms with Crippen molar-refractivity contribution in [2.75, 3.05) is 11.5 Å². The van der Waals surface area contributed by atoms with Crippen LogP contribution in [0, 0.1) is 6.92 Å². The lowest BCUT2D eigenvalue weighted by atomic mass is 10.2. The van der Waals surface area contributed by atoms with Crippen molar-refractivity contribution in [1.82, 2.24) is 5.32 Å². The molecule has 19 heavy (non-hydrogen) atoms. The van der Waals surface area contributed by atoms with Gasteiger partial charge in [-0.2, -0.15) is 0 Å². The van der Waals surface area contributed by atoms with Crippen molar-refractivity contribution in [3.8, 4) is 0 Å². The van der Waals surface area contributed by atoms with Crippen molar-refractivity contribution >= 4 is 22.4 Å². The summed E-state index contributed by atoms with van der Waals surface area (Å²) in [5.41, 5.74) is 7.26. The average Bonchev–Trinajstić information content (AvgIpc) is 2.32. The molecular weight excluding hydrogens is 260 g/mol. The lowest BCUT2D eigenvalue weighted by Gasteiger charge is -2.12. The normalized spacial score (nSPS) is 13.8. The Labute approximate surface area is 117 Å². The van der Waals surface area contributed by atoms with Gasteiger partial charge in [0.05, 0.1) is 10.8 Å². The van der Waals surface area contributed by atoms with Gasteiger partial charge in [-0.3, -0.25) is 9.00 Å². The zero-order valence-corrected chi connectivity index (χ0v) is 12.5. The Kier molecular flexibility index (Phi) is 6.02. The maximum atomic E-state index is 12.1. The number of nitrogen functional groups attached to an aromatic ring is 1. The first-order valence-corrected chi connectivity index (χ1v) is 7.79. The molecule has 1 aromatic rings. The third-order valence-electron chi connectivity index (χ3n) is 2.90. The minimum atomic E-state index is -1.32. The second-order valence-electron chi connectivity index (χ2n) is 4.77. The first-order valence-electron chi connectivity index (χ1n) is 6.48. The van der Waals surface area contributed by atoms with E-state index in [4.69, 9.17) is 5.73 Å². The Morgan fingerprint density at radius 2 is 2.16 bits per heavy atom. The monoisotopic (exact) mass is 282 g/mol. The van der Waals surface area contributed by atoms with E-state index >= 15 is 0 Å². The summed E-state index contributed by atoms with van der Waals surface area (Å²) in [6.45, 7) is 5.88. The minimum Gasteiger partial charge on any atom is -0.399 e. The van der Waals surface area contributed by atoms with Gasteiger partial charge in [-0.15, -0.1) is 0 Å². The van der Waals surface area contributed by atoms with E-state index in [9.17, 15) is 9.00 Å². The van der Waals surface area contributed by atoms with Crippen LogP contribution in [-0.2, 0) is 15.6 Å². The van der Waals surface area contributed by atoms with Crippen molar-refractivity contribution in [1.29, 1.82) is 0 Å². The quantitative estimate of drug-likeness (QED) is 0.784. The zero-order chi connectivity index (χ0) is 14.4. The summed E-state index contributed by atoms with van der Waals surface area (Å²) in [7, 11) is -1.32. The second kappa shape index (κ2) is 7.28. The first kappa shape index (κ1) is 15.7. The van der Waals surface area contributed by atoms with Crippen LogP contribution in [0.5, 0.6) is 0 Å². The third kappa shape index (κ3) is 5.03. The molecule has 4 nitrogen and oxygen atoms in total. The summed E-state index contributed by atoms with van der Waals surface area (Å²) in [5, 5.41) is 2.85. The highest BCUT2D eigenvalue weighted by atomic mass is 32.2. The molecule has 1 aromatic carbocycles. The molecule has 5 heteroatoms. The largest absolute Gasteiger partial charge is 0.399 e. The molecule has 0 aromatic heterocycles. The van der Waals surface area contributed by atoms with E-state index in [1.54, 1.807) is 18.2 Å². The number of hydrogen-bond acceptors (Lipinski definition) is 3. The number of carbonyl (C=O) groups is 1. The van der Waals surface area contributed by atoms with Gasteiger partial charge in [0.25, 0.3) is 0 Å². The molecule has 2 atom stereocenters. The molecular formula is C14H22N2O2S. The van der Waals surface area contributed by atoms with Crippen LogP contribution in [-0.4, -0.2) is 21.9 Å². The van der Waals surface area contributed by atoms with E-state index in [2.05, 4.69) is 12.2 Å². The Morgan fingerprint density at radius 3 is 2.74 bits per heavy atom. The number of carbonyl (C=O) groups excluding carboxylic acids is 1. The third-order valence-corrected chi connectivity index (χ3v) is 4.20. The van der Waals surface area contributed by atoms with Crippen LogP contribution >= 0.6 is 0 Å². The maximum absolute atomic E-state index is 12.1. The molecule has 3 N–H and O–H groups in total. The van der Waals surface area contributed by atoms with Gasteiger partial charge in [-0.25, -0.2) is 0 Å². The summed E-state index contributed by atoms with van der Waals surface area (Å²) in [5.74, 6) is -0.175. The molecule has 1 rings (SSSR count). The van der Waals surface area contributed by atoms with Gasteiger partial charge < -0.3 is 11.1 Å². The first-order chi connectivity index (χ1) is 8.93. The SMILES string of the molecule is CCCC(C)NC(=O)CS(=O)c1ccc(N)c(C)c1. The molecule has 0 saturated heterocycles. The van der Waals surface area contributed by atoms with Gasteiger partial charge in [0.1, 0.15) is 5.75 Å². The fourth-order valence-corrected chi connectivity index (χ4v) is 2.83. The lowest BCUT2D eigenvalue weighted by molar-refractivity contribution is -0.119. The van der Waals surface area contributed by atoms with Gasteiger partial charge in [-0.1, -0.05) is 13.3 Å². The molecule has 1 amide bonds. The Bertz CT molecular complexity index is 475. The summed E-state index contributed by atoms with van der Waals surface area (Å²) < 4.78 is 12.1. The van der Waals surface area contributed by atoms with Gasteiger partial charge in [0.2, 0.25) is 5.91 Å². The molecule has 0 heterocycles. The van der Waals surface area contributed by atoms with Crippen LogP contribution in [0.1, 0.15) is 32.3 Å². The van der Waals surface area contributed by atoms with E-state index in [0.29, 0.717) is 10.6 Å². The molecule has 0 spiro atoms. The van der Waals surface area contributed by atoms with E-state index in [1.165, 1.54) is 0 Å². The number of aryl methyl sites for hydroxylation is 1. The second-order valence-corrected chi connectivity index (χ2v) is 6.22. The molecule has 0 fully saturated rings. The number of nitrogens with two attached hydrogens (primary N) is 1. The fourth-order valence-electron chi connectivity index (χ4n) is 1.81. The molecule has 0 aliphatic rings. The molecule has 0 aliphatic heterocycles. The van der Waals surface area contributed by atoms with E-state index < -0.39 is 10.8 Å². The smallest absolute Gasteiger partial charge is 0.233 e. The fraction of sp³-hybridized carbons (Fsp3) is 0.500. The molecule has 0 saturated carbocycles. The summed E-state index contributed by atoms with van der Waals surface area (Å²) >= 11 is 0. The predicted octanol–water partition coefficient (Wildman–Crippen LogP) is 1.99. The number of benzene rings is 1. The van der Waals surface area contributed by atoms with Crippen molar-refractivity contribution in [3.63, 3.8) is 0 Å². The van der Waals surface area contributed by atoms with Crippen LogP contribution in [0.4, 0.5) is 5.69 Å². The summed E-state index contributed by atoms with van der Waals surface area (Å²) in [6, 6.07) is 5.33. The lowest BCUT2D eigenvalue weighted by Crippen LogP contribution is -2.35. The highest BCUT2D eigenvalue weighted by Crippen LogP contribution is 2.15. The van der Waals surface area contributed by atoms with Crippen LogP contribution < -0.4 is 11.1 Å². The van der Waals surface area contributed by atoms with Crippen LogP contribution in [0.2, 0.25) is 0 Å². The Balaban J connectivity index is 2.59. The van der Waals surface area contributed by atoms with Gasteiger partial charge in [0.15, 0.2) is 0 Å². The predicted molar refractivity (Wildman–Crippen MR) is 79.4 cm³/mol. The number of anilines is 1. The van der Waals surface area contributed by atoms with E-state index in [1.807, 2.05) is 13.8 Å². The molecule has 0 radical (unpaired) electrons. The standard InChI is InChI=1S/C14H22N2O2S/c1-4-5-11(3)16-14(17)9-19(18)12-6-7-13(15)10(2)8-12/h6-8,11H,4-5,9,15H2,1-3H3,(H,16,17). The summed E-state index contributed by atoms with van der Waals surface area (Å²) in [6.07, 6.45) is 1.95. The topological polar surface area (TPSA) is 72.2 Å². The van der Waals surface area contributed by atoms with E-state index in [0.717, 1.165) is 18.4 Å². The van der Waals surface area contributed by atoms with Gasteiger partial charge >= 0.3 is 0 Å². The molecule has 106 valence electrons. The highest BCUT2D eigenvalue weighted by molar-refractivity contribution is 7.85. The number of amides is 1. The Morgan fingerprint density at radius 1 is 1.47 bits per heavy atom.